The van der Waals surface area contributed by atoms with E-state index in [0.29, 0.717) is 51.7 Å². The molecule has 222 valence electrons. The second-order valence-corrected chi connectivity index (χ2v) is 11.7. The van der Waals surface area contributed by atoms with Crippen molar-refractivity contribution in [2.24, 2.45) is 0 Å². The van der Waals surface area contributed by atoms with Crippen molar-refractivity contribution in [2.75, 3.05) is 24.4 Å². The van der Waals surface area contributed by atoms with Crippen molar-refractivity contribution in [3.8, 4) is 11.5 Å². The number of nitrogens with one attached hydrogen (secondary N) is 1. The number of carboxylic acid groups (broad SMARTS) is 1. The van der Waals surface area contributed by atoms with E-state index in [4.69, 9.17) is 14.2 Å². The molecule has 1 spiro atoms. The van der Waals surface area contributed by atoms with E-state index in [9.17, 15) is 19.5 Å². The second-order valence-electron chi connectivity index (χ2n) is 11.7. The van der Waals surface area contributed by atoms with Crippen LogP contribution in [0.2, 0.25) is 0 Å². The average Bonchev–Trinajstić information content (AvgIpc) is 3.53. The quantitative estimate of drug-likeness (QED) is 0.298. The molecule has 2 amide bonds. The van der Waals surface area contributed by atoms with Gasteiger partial charge in [0.25, 0.3) is 0 Å². The van der Waals surface area contributed by atoms with Crippen LogP contribution < -0.4 is 19.7 Å². The first-order valence-electron chi connectivity index (χ1n) is 13.7. The number of nitrogens with zero attached hydrogens (tertiary/aromatic N) is 4. The number of pyridine rings is 1. The van der Waals surface area contributed by atoms with Gasteiger partial charge in [0.1, 0.15) is 11.4 Å². The number of carbonyl (C=O) groups is 3. The molecule has 12 heteroatoms. The lowest BCUT2D eigenvalue weighted by molar-refractivity contribution is -0.119. The molecule has 0 bridgehead atoms. The van der Waals surface area contributed by atoms with Gasteiger partial charge < -0.3 is 24.6 Å². The second kappa shape index (κ2) is 9.72. The highest BCUT2D eigenvalue weighted by Gasteiger charge is 2.68. The van der Waals surface area contributed by atoms with Gasteiger partial charge >= 0.3 is 12.2 Å². The van der Waals surface area contributed by atoms with Crippen molar-refractivity contribution < 1.29 is 33.7 Å². The summed E-state index contributed by atoms with van der Waals surface area (Å²) in [4.78, 5) is 44.4. The smallest absolute Gasteiger partial charge is 0.435 e. The van der Waals surface area contributed by atoms with Gasteiger partial charge in [-0.05, 0) is 87.7 Å². The molecule has 2 aromatic heterocycles. The van der Waals surface area contributed by atoms with Crippen LogP contribution in [0.15, 0.2) is 48.5 Å². The Morgan fingerprint density at radius 2 is 1.81 bits per heavy atom. The van der Waals surface area contributed by atoms with Crippen LogP contribution >= 0.6 is 0 Å². The first-order chi connectivity index (χ1) is 20.4. The minimum Gasteiger partial charge on any atom is -0.497 e. The van der Waals surface area contributed by atoms with Crippen LogP contribution in [0.3, 0.4) is 0 Å². The Morgan fingerprint density at radius 1 is 1.05 bits per heavy atom. The molecule has 1 aliphatic heterocycles. The van der Waals surface area contributed by atoms with E-state index in [2.05, 4.69) is 15.4 Å². The maximum atomic E-state index is 13.6. The maximum Gasteiger partial charge on any atom is 0.435 e. The third-order valence-corrected chi connectivity index (χ3v) is 7.79. The van der Waals surface area contributed by atoms with Gasteiger partial charge in [0.15, 0.2) is 17.4 Å². The van der Waals surface area contributed by atoms with Crippen molar-refractivity contribution in [2.45, 2.75) is 51.0 Å². The summed E-state index contributed by atoms with van der Waals surface area (Å²) >= 11 is 0. The number of hydrogen-bond acceptors (Lipinski definition) is 9. The Bertz CT molecular complexity index is 1830. The van der Waals surface area contributed by atoms with Gasteiger partial charge in [-0.3, -0.25) is 4.79 Å². The summed E-state index contributed by atoms with van der Waals surface area (Å²) in [5.41, 5.74) is 1.05. The minimum absolute atomic E-state index is 0.326. The molecular weight excluding hydrogens is 554 g/mol. The number of anilines is 3. The number of methoxy groups -OCH3 is 2. The van der Waals surface area contributed by atoms with Gasteiger partial charge in [-0.2, -0.15) is 4.68 Å². The molecule has 43 heavy (non-hydrogen) atoms. The Hall–Kier alpha value is -5.13. The van der Waals surface area contributed by atoms with E-state index in [0.717, 1.165) is 16.2 Å². The summed E-state index contributed by atoms with van der Waals surface area (Å²) in [6, 6.07) is 14.0. The minimum atomic E-state index is -1.34. The van der Waals surface area contributed by atoms with Crippen molar-refractivity contribution in [3.63, 3.8) is 0 Å². The number of fused-ring (bicyclic) bond motifs is 3. The predicted octanol–water partition coefficient (Wildman–Crippen LogP) is 5.73. The molecule has 6 rings (SSSR count). The SMILES string of the molecule is COc1ccc2c(c1)[C@]1(C[C@H]1c1ccc3c(Nc4nc(C)ccc4OC)nn(C(=O)OC(C)(C)C)c3c1)C(=O)N2C(=O)O. The standard InChI is InChI=1S/C31H31N5O7/c1-16-7-12-24(42-6)26(32-16)33-25-19-10-8-17(13-23(19)36(34-25)29(40)43-30(2,3)4)21-15-31(21)20-14-18(41-5)9-11-22(20)35(27(31)37)28(38)39/h7-14,21H,15H2,1-6H3,(H,38,39)(H,32,33,34)/t21-,31-/m0/s1. The molecule has 0 radical (unpaired) electrons. The number of aryl methyl sites for hydroxylation is 1. The summed E-state index contributed by atoms with van der Waals surface area (Å²) in [6.07, 6.45) is -1.62. The Morgan fingerprint density at radius 3 is 2.49 bits per heavy atom. The van der Waals surface area contributed by atoms with Crippen molar-refractivity contribution in [1.29, 1.82) is 0 Å². The fourth-order valence-electron chi connectivity index (χ4n) is 5.80. The van der Waals surface area contributed by atoms with Crippen LogP contribution in [0, 0.1) is 6.92 Å². The highest BCUT2D eigenvalue weighted by molar-refractivity contribution is 6.22. The summed E-state index contributed by atoms with van der Waals surface area (Å²) in [6.45, 7) is 7.15. The highest BCUT2D eigenvalue weighted by Crippen LogP contribution is 2.67. The number of aromatic nitrogens is 3. The van der Waals surface area contributed by atoms with Crippen molar-refractivity contribution in [3.05, 3.63) is 65.4 Å². The van der Waals surface area contributed by atoms with Crippen molar-refractivity contribution in [1.82, 2.24) is 14.8 Å². The molecule has 2 N–H and O–H groups in total. The molecule has 1 saturated carbocycles. The molecule has 2 aliphatic rings. The van der Waals surface area contributed by atoms with Crippen molar-refractivity contribution >= 4 is 46.3 Å². The molecular formula is C31H31N5O7. The van der Waals surface area contributed by atoms with E-state index >= 15 is 0 Å². The van der Waals surface area contributed by atoms with Crippen LogP contribution in [0.4, 0.5) is 26.9 Å². The first kappa shape index (κ1) is 28.0. The van der Waals surface area contributed by atoms with Gasteiger partial charge in [-0.25, -0.2) is 19.5 Å². The molecule has 3 heterocycles. The maximum absolute atomic E-state index is 13.6. The fraction of sp³-hybridized carbons (Fsp3) is 0.323. The number of carbonyl (C=O) groups excluding carboxylic acids is 2. The zero-order valence-electron chi connectivity index (χ0n) is 24.6. The Kier molecular flexibility index (Phi) is 6.33. The fourth-order valence-corrected chi connectivity index (χ4v) is 5.80. The van der Waals surface area contributed by atoms with Crippen LogP contribution in [0.25, 0.3) is 10.9 Å². The lowest BCUT2D eigenvalue weighted by Gasteiger charge is -2.19. The molecule has 2 atom stereocenters. The van der Waals surface area contributed by atoms with Gasteiger partial charge in [0.05, 0.1) is 30.8 Å². The number of imide groups is 1. The molecule has 0 saturated heterocycles. The van der Waals surface area contributed by atoms with Crippen LogP contribution in [-0.2, 0) is 14.9 Å². The summed E-state index contributed by atoms with van der Waals surface area (Å²) in [5, 5.41) is 18.2. The normalized spacial score (nSPS) is 19.0. The number of ether oxygens (including phenoxy) is 3. The van der Waals surface area contributed by atoms with Gasteiger partial charge in [-0.15, -0.1) is 5.10 Å². The van der Waals surface area contributed by atoms with Crippen LogP contribution in [0.5, 0.6) is 11.5 Å². The number of hydrogen-bond donors (Lipinski definition) is 2. The summed E-state index contributed by atoms with van der Waals surface area (Å²) in [5.74, 6) is 0.973. The van der Waals surface area contributed by atoms with E-state index in [1.165, 1.54) is 18.9 Å². The lowest BCUT2D eigenvalue weighted by Crippen LogP contribution is -2.36. The monoisotopic (exact) mass is 585 g/mol. The topological polar surface area (TPSA) is 145 Å². The van der Waals surface area contributed by atoms with E-state index in [-0.39, 0.29) is 5.92 Å². The molecule has 2 aromatic carbocycles. The number of amides is 2. The van der Waals surface area contributed by atoms with Gasteiger partial charge in [-0.1, -0.05) is 6.07 Å². The van der Waals surface area contributed by atoms with E-state index in [1.54, 1.807) is 51.1 Å². The lowest BCUT2D eigenvalue weighted by atomic mass is 9.91. The van der Waals surface area contributed by atoms with Gasteiger partial charge in [0.2, 0.25) is 5.91 Å². The Labute approximate surface area is 247 Å². The molecule has 1 fully saturated rings. The van der Waals surface area contributed by atoms with Crippen LogP contribution in [0.1, 0.15) is 49.9 Å². The van der Waals surface area contributed by atoms with E-state index in [1.807, 2.05) is 25.1 Å². The summed E-state index contributed by atoms with van der Waals surface area (Å²) in [7, 11) is 3.06. The number of rotatable bonds is 5. The average molecular weight is 586 g/mol. The van der Waals surface area contributed by atoms with E-state index < -0.39 is 29.1 Å². The molecule has 12 nitrogen and oxygen atoms in total. The zero-order chi connectivity index (χ0) is 30.8. The molecule has 1 aliphatic carbocycles. The number of benzene rings is 2. The molecule has 0 unspecified atom stereocenters. The highest BCUT2D eigenvalue weighted by atomic mass is 16.6. The third-order valence-electron chi connectivity index (χ3n) is 7.79. The molecule has 4 aromatic rings. The zero-order valence-corrected chi connectivity index (χ0v) is 24.6. The predicted molar refractivity (Wildman–Crippen MR) is 158 cm³/mol. The largest absolute Gasteiger partial charge is 0.497 e. The first-order valence-corrected chi connectivity index (χ1v) is 13.7. The van der Waals surface area contributed by atoms with Crippen LogP contribution in [-0.4, -0.2) is 57.8 Å². The van der Waals surface area contributed by atoms with Gasteiger partial charge in [0, 0.05) is 17.0 Å². The summed E-state index contributed by atoms with van der Waals surface area (Å²) < 4.78 is 17.7. The third kappa shape index (κ3) is 4.49. The Balaban J connectivity index is 1.46.